The molecule has 3 nitrogen and oxygen atoms in total. The third-order valence-electron chi connectivity index (χ3n) is 3.63. The van der Waals surface area contributed by atoms with E-state index >= 15 is 0 Å². The summed E-state index contributed by atoms with van der Waals surface area (Å²) in [7, 11) is 0. The molecule has 0 aliphatic heterocycles. The lowest BCUT2D eigenvalue weighted by atomic mass is 10.1. The van der Waals surface area contributed by atoms with Gasteiger partial charge in [-0.3, -0.25) is 4.79 Å². The fourth-order valence-corrected chi connectivity index (χ4v) is 2.41. The molecule has 1 aromatic rings. The summed E-state index contributed by atoms with van der Waals surface area (Å²) in [6.07, 6.45) is 8.77. The molecule has 0 bridgehead atoms. The Kier molecular flexibility index (Phi) is 3.65. The smallest absolute Gasteiger partial charge is 0.250 e. The summed E-state index contributed by atoms with van der Waals surface area (Å²) in [4.78, 5) is 11.8. The Hall–Kier alpha value is -1.61. The molecule has 3 rings (SSSR count). The van der Waals surface area contributed by atoms with E-state index in [1.807, 2.05) is 12.1 Å². The topological polar surface area (TPSA) is 38.3 Å². The van der Waals surface area contributed by atoms with E-state index in [0.717, 1.165) is 18.5 Å². The van der Waals surface area contributed by atoms with Gasteiger partial charge in [-0.05, 0) is 49.3 Å². The van der Waals surface area contributed by atoms with Gasteiger partial charge < -0.3 is 10.1 Å². The van der Waals surface area contributed by atoms with Crippen LogP contribution in [0.5, 0.6) is 0 Å². The molecule has 1 aromatic carbocycles. The number of ether oxygens (including phenoxy) is 1. The van der Waals surface area contributed by atoms with Crippen LogP contribution in [-0.4, -0.2) is 18.6 Å². The van der Waals surface area contributed by atoms with Crippen molar-refractivity contribution in [2.24, 2.45) is 0 Å². The van der Waals surface area contributed by atoms with Crippen LogP contribution < -0.4 is 5.32 Å². The molecule has 19 heavy (non-hydrogen) atoms. The zero-order chi connectivity index (χ0) is 13.1. The second-order valence-corrected chi connectivity index (χ2v) is 5.32. The molecule has 0 radical (unpaired) electrons. The van der Waals surface area contributed by atoms with Crippen molar-refractivity contribution in [1.82, 2.24) is 0 Å². The number of hydrogen-bond donors (Lipinski definition) is 1. The van der Waals surface area contributed by atoms with Gasteiger partial charge >= 0.3 is 0 Å². The molecule has 2 aliphatic carbocycles. The van der Waals surface area contributed by atoms with Crippen LogP contribution in [0.15, 0.2) is 36.4 Å². The Labute approximate surface area is 113 Å². The summed E-state index contributed by atoms with van der Waals surface area (Å²) in [5, 5.41) is 2.90. The van der Waals surface area contributed by atoms with Gasteiger partial charge in [0, 0.05) is 5.69 Å². The monoisotopic (exact) mass is 257 g/mol. The van der Waals surface area contributed by atoms with Gasteiger partial charge in [-0.2, -0.15) is 0 Å². The maximum absolute atomic E-state index is 11.8. The van der Waals surface area contributed by atoms with Crippen LogP contribution >= 0.6 is 0 Å². The molecule has 0 aromatic heterocycles. The number of rotatable bonds is 5. The van der Waals surface area contributed by atoms with Crippen molar-refractivity contribution >= 4 is 11.6 Å². The highest BCUT2D eigenvalue weighted by molar-refractivity contribution is 5.91. The highest BCUT2D eigenvalue weighted by atomic mass is 16.5. The zero-order valence-electron chi connectivity index (χ0n) is 11.0. The van der Waals surface area contributed by atoms with Gasteiger partial charge in [-0.1, -0.05) is 24.3 Å². The van der Waals surface area contributed by atoms with Gasteiger partial charge in [0.2, 0.25) is 5.91 Å². The highest BCUT2D eigenvalue weighted by Crippen LogP contribution is 2.40. The largest absolute Gasteiger partial charge is 0.368 e. The van der Waals surface area contributed by atoms with Crippen molar-refractivity contribution in [3.05, 3.63) is 42.0 Å². The van der Waals surface area contributed by atoms with Crippen LogP contribution in [-0.2, 0) is 9.53 Å². The summed E-state index contributed by atoms with van der Waals surface area (Å²) in [5.74, 6) is 0.637. The minimum atomic E-state index is -0.0696. The second-order valence-electron chi connectivity index (χ2n) is 5.32. The predicted molar refractivity (Wildman–Crippen MR) is 75.2 cm³/mol. The minimum absolute atomic E-state index is 0.0696. The van der Waals surface area contributed by atoms with Crippen molar-refractivity contribution in [3.63, 3.8) is 0 Å². The molecule has 3 heteroatoms. The quantitative estimate of drug-likeness (QED) is 0.822. The first-order valence-corrected chi connectivity index (χ1v) is 6.97. The van der Waals surface area contributed by atoms with E-state index in [2.05, 4.69) is 29.6 Å². The summed E-state index contributed by atoms with van der Waals surface area (Å²) in [6.45, 7) is 0.139. The Morgan fingerprint density at radius 1 is 1.26 bits per heavy atom. The molecule has 1 N–H and O–H groups in total. The summed E-state index contributed by atoms with van der Waals surface area (Å²) in [5.41, 5.74) is 2.21. The third-order valence-corrected chi connectivity index (χ3v) is 3.63. The molecule has 1 amide bonds. The fourth-order valence-electron chi connectivity index (χ4n) is 2.41. The number of nitrogens with one attached hydrogen (secondary N) is 1. The Bertz CT molecular complexity index is 483. The molecular formula is C16H19NO2. The van der Waals surface area contributed by atoms with Gasteiger partial charge in [0.1, 0.15) is 6.61 Å². The van der Waals surface area contributed by atoms with Crippen LogP contribution in [0.4, 0.5) is 5.69 Å². The number of carbonyl (C=O) groups is 1. The first kappa shape index (κ1) is 12.4. The highest BCUT2D eigenvalue weighted by Gasteiger charge is 2.23. The molecule has 0 saturated heterocycles. The third kappa shape index (κ3) is 3.44. The molecule has 0 unspecified atom stereocenters. The summed E-state index contributed by atoms with van der Waals surface area (Å²) < 4.78 is 5.55. The second kappa shape index (κ2) is 5.57. The van der Waals surface area contributed by atoms with E-state index in [0.29, 0.717) is 5.92 Å². The van der Waals surface area contributed by atoms with E-state index in [9.17, 15) is 4.79 Å². The minimum Gasteiger partial charge on any atom is -0.368 e. The van der Waals surface area contributed by atoms with E-state index in [1.54, 1.807) is 0 Å². The zero-order valence-corrected chi connectivity index (χ0v) is 11.0. The van der Waals surface area contributed by atoms with Crippen molar-refractivity contribution < 1.29 is 9.53 Å². The molecular weight excluding hydrogens is 238 g/mol. The van der Waals surface area contributed by atoms with E-state index in [-0.39, 0.29) is 18.6 Å². The SMILES string of the molecule is O=C(COC1CC=CC1)Nc1cccc(C2CC2)c1. The summed E-state index contributed by atoms with van der Waals surface area (Å²) in [6, 6.07) is 8.15. The summed E-state index contributed by atoms with van der Waals surface area (Å²) >= 11 is 0. The number of carbonyl (C=O) groups excluding carboxylic acids is 1. The molecule has 0 atom stereocenters. The average molecular weight is 257 g/mol. The predicted octanol–water partition coefficient (Wildman–Crippen LogP) is 3.24. The van der Waals surface area contributed by atoms with Crippen LogP contribution in [0.25, 0.3) is 0 Å². The van der Waals surface area contributed by atoms with Crippen LogP contribution in [0, 0.1) is 0 Å². The van der Waals surface area contributed by atoms with Gasteiger partial charge in [-0.15, -0.1) is 0 Å². The number of amides is 1. The first-order valence-electron chi connectivity index (χ1n) is 6.97. The maximum Gasteiger partial charge on any atom is 0.250 e. The molecule has 0 spiro atoms. The van der Waals surface area contributed by atoms with E-state index in [4.69, 9.17) is 4.74 Å². The van der Waals surface area contributed by atoms with E-state index in [1.165, 1.54) is 18.4 Å². The standard InChI is InChI=1S/C16H19NO2/c18-16(11-19-15-6-1-2-7-15)17-14-5-3-4-13(10-14)12-8-9-12/h1-5,10,12,15H,6-9,11H2,(H,17,18). The first-order chi connectivity index (χ1) is 9.31. The van der Waals surface area contributed by atoms with Crippen molar-refractivity contribution in [2.45, 2.75) is 37.7 Å². The van der Waals surface area contributed by atoms with Gasteiger partial charge in [-0.25, -0.2) is 0 Å². The fraction of sp³-hybridized carbons (Fsp3) is 0.438. The lowest BCUT2D eigenvalue weighted by molar-refractivity contribution is -0.122. The Morgan fingerprint density at radius 3 is 2.79 bits per heavy atom. The number of hydrogen-bond acceptors (Lipinski definition) is 2. The van der Waals surface area contributed by atoms with Gasteiger partial charge in [0.25, 0.3) is 0 Å². The van der Waals surface area contributed by atoms with Crippen LogP contribution in [0.2, 0.25) is 0 Å². The average Bonchev–Trinajstić information content (AvgIpc) is 3.14. The lowest BCUT2D eigenvalue weighted by Gasteiger charge is -2.11. The van der Waals surface area contributed by atoms with Crippen LogP contribution in [0.1, 0.15) is 37.2 Å². The molecule has 0 heterocycles. The maximum atomic E-state index is 11.8. The van der Waals surface area contributed by atoms with Gasteiger partial charge in [0.15, 0.2) is 0 Å². The van der Waals surface area contributed by atoms with Crippen molar-refractivity contribution in [2.75, 3.05) is 11.9 Å². The lowest BCUT2D eigenvalue weighted by Crippen LogP contribution is -2.22. The Morgan fingerprint density at radius 2 is 2.05 bits per heavy atom. The van der Waals surface area contributed by atoms with E-state index < -0.39 is 0 Å². The molecule has 100 valence electrons. The number of benzene rings is 1. The van der Waals surface area contributed by atoms with Crippen molar-refractivity contribution in [3.8, 4) is 0 Å². The molecule has 1 fully saturated rings. The number of anilines is 1. The van der Waals surface area contributed by atoms with Gasteiger partial charge in [0.05, 0.1) is 6.10 Å². The van der Waals surface area contributed by atoms with Crippen LogP contribution in [0.3, 0.4) is 0 Å². The normalized spacial score (nSPS) is 18.7. The van der Waals surface area contributed by atoms with Crippen molar-refractivity contribution in [1.29, 1.82) is 0 Å². The molecule has 2 aliphatic rings. The Balaban J connectivity index is 1.49. The molecule has 1 saturated carbocycles.